The molecule has 0 saturated heterocycles. The molecule has 0 bridgehead atoms. The Bertz CT molecular complexity index is 1120. The van der Waals surface area contributed by atoms with Gasteiger partial charge in [-0.2, -0.15) is 5.10 Å². The lowest BCUT2D eigenvalue weighted by molar-refractivity contribution is -0.116. The van der Waals surface area contributed by atoms with Gasteiger partial charge in [-0.05, 0) is 49.2 Å². The number of primary amides is 1. The molecule has 0 saturated carbocycles. The van der Waals surface area contributed by atoms with Crippen molar-refractivity contribution in [2.24, 2.45) is 5.73 Å². The number of hydrogen-bond donors (Lipinski definition) is 3. The third kappa shape index (κ3) is 5.96. The molecule has 0 aliphatic rings. The number of amides is 3. The first-order valence-electron chi connectivity index (χ1n) is 9.72. The second kappa shape index (κ2) is 9.95. The highest BCUT2D eigenvalue weighted by Gasteiger charge is 2.11. The maximum atomic E-state index is 12.3. The van der Waals surface area contributed by atoms with E-state index in [1.54, 1.807) is 18.2 Å². The molecule has 31 heavy (non-hydrogen) atoms. The van der Waals surface area contributed by atoms with Crippen LogP contribution in [0, 0.1) is 13.8 Å². The molecule has 0 radical (unpaired) electrons. The molecular weight excluding hydrogens is 414 g/mol. The summed E-state index contributed by atoms with van der Waals surface area (Å²) in [5.74, 6) is -0.211. The van der Waals surface area contributed by atoms with Crippen LogP contribution in [0.15, 0.2) is 54.6 Å². The van der Waals surface area contributed by atoms with E-state index in [0.717, 1.165) is 28.1 Å². The number of nitrogens with one attached hydrogen (secondary N) is 2. The number of aryl methyl sites for hydroxylation is 1. The summed E-state index contributed by atoms with van der Waals surface area (Å²) < 4.78 is 1.88. The van der Waals surface area contributed by atoms with E-state index in [1.807, 2.05) is 54.9 Å². The van der Waals surface area contributed by atoms with Gasteiger partial charge >= 0.3 is 6.03 Å². The molecule has 0 aliphatic carbocycles. The minimum atomic E-state index is -0.619. The molecule has 1 heterocycles. The second-order valence-corrected chi connectivity index (χ2v) is 7.48. The number of aromatic nitrogens is 2. The topological polar surface area (TPSA) is 102 Å². The zero-order valence-corrected chi connectivity index (χ0v) is 18.1. The van der Waals surface area contributed by atoms with Gasteiger partial charge in [-0.1, -0.05) is 41.9 Å². The average molecular weight is 438 g/mol. The summed E-state index contributed by atoms with van der Waals surface area (Å²) in [6.45, 7) is 4.81. The minimum Gasteiger partial charge on any atom is -0.351 e. The van der Waals surface area contributed by atoms with Crippen LogP contribution in [0.2, 0.25) is 5.02 Å². The number of urea groups is 1. The number of carbonyl (C=O) groups is 2. The molecule has 3 aromatic rings. The lowest BCUT2D eigenvalue weighted by atomic mass is 10.1. The van der Waals surface area contributed by atoms with Crippen LogP contribution in [-0.2, 0) is 17.9 Å². The van der Waals surface area contributed by atoms with E-state index in [-0.39, 0.29) is 5.91 Å². The van der Waals surface area contributed by atoms with Crippen molar-refractivity contribution in [3.05, 3.63) is 87.7 Å². The van der Waals surface area contributed by atoms with E-state index < -0.39 is 6.03 Å². The first-order chi connectivity index (χ1) is 14.8. The molecule has 0 aliphatic heterocycles. The Hall–Kier alpha value is -3.58. The highest BCUT2D eigenvalue weighted by atomic mass is 35.5. The van der Waals surface area contributed by atoms with Crippen LogP contribution in [0.3, 0.4) is 0 Å². The Labute approximate surface area is 185 Å². The maximum absolute atomic E-state index is 12.3. The zero-order chi connectivity index (χ0) is 22.4. The van der Waals surface area contributed by atoms with Gasteiger partial charge in [0.2, 0.25) is 5.91 Å². The van der Waals surface area contributed by atoms with Crippen molar-refractivity contribution in [1.29, 1.82) is 0 Å². The van der Waals surface area contributed by atoms with Crippen LogP contribution in [0.25, 0.3) is 6.08 Å². The normalized spacial score (nSPS) is 10.9. The van der Waals surface area contributed by atoms with Gasteiger partial charge in [0.1, 0.15) is 0 Å². The van der Waals surface area contributed by atoms with E-state index in [9.17, 15) is 9.59 Å². The number of carbonyl (C=O) groups excluding carboxylic acids is 2. The van der Waals surface area contributed by atoms with Crippen molar-refractivity contribution in [2.45, 2.75) is 26.9 Å². The lowest BCUT2D eigenvalue weighted by Crippen LogP contribution is -2.20. The number of halogens is 1. The van der Waals surface area contributed by atoms with Crippen molar-refractivity contribution in [3.8, 4) is 0 Å². The molecule has 0 atom stereocenters. The van der Waals surface area contributed by atoms with E-state index in [4.69, 9.17) is 17.3 Å². The van der Waals surface area contributed by atoms with Gasteiger partial charge in [-0.25, -0.2) is 4.79 Å². The van der Waals surface area contributed by atoms with Gasteiger partial charge in [0.05, 0.1) is 12.2 Å². The molecule has 0 unspecified atom stereocenters. The zero-order valence-electron chi connectivity index (χ0n) is 17.4. The second-order valence-electron chi connectivity index (χ2n) is 7.07. The molecule has 7 nitrogen and oxygen atoms in total. The monoisotopic (exact) mass is 437 g/mol. The Morgan fingerprint density at radius 1 is 1.13 bits per heavy atom. The standard InChI is InChI=1S/C23H24ClN5O2/c1-15-20(16(2)29(28-15)14-18-5-3-4-6-21(18)24)11-12-22(30)26-13-17-7-9-19(10-8-17)27-23(25)31/h3-12H,13-14H2,1-2H3,(H,26,30)(H3,25,27,31)/b12-11+. The van der Waals surface area contributed by atoms with Crippen molar-refractivity contribution in [2.75, 3.05) is 5.32 Å². The van der Waals surface area contributed by atoms with Crippen molar-refractivity contribution in [3.63, 3.8) is 0 Å². The van der Waals surface area contributed by atoms with Gasteiger partial charge in [-0.15, -0.1) is 0 Å². The summed E-state index contributed by atoms with van der Waals surface area (Å²) in [5.41, 5.74) is 10.3. The van der Waals surface area contributed by atoms with Crippen LogP contribution in [0.4, 0.5) is 10.5 Å². The van der Waals surface area contributed by atoms with Crippen LogP contribution in [-0.4, -0.2) is 21.7 Å². The van der Waals surface area contributed by atoms with Gasteiger partial charge < -0.3 is 16.4 Å². The summed E-state index contributed by atoms with van der Waals surface area (Å²) >= 11 is 6.26. The molecular formula is C23H24ClN5O2. The fraction of sp³-hybridized carbons (Fsp3) is 0.174. The van der Waals surface area contributed by atoms with E-state index in [2.05, 4.69) is 15.7 Å². The largest absolute Gasteiger partial charge is 0.351 e. The summed E-state index contributed by atoms with van der Waals surface area (Å²) in [6, 6.07) is 14.1. The summed E-state index contributed by atoms with van der Waals surface area (Å²) in [4.78, 5) is 23.1. The molecule has 0 spiro atoms. The number of anilines is 1. The van der Waals surface area contributed by atoms with E-state index in [0.29, 0.717) is 23.8 Å². The molecule has 0 fully saturated rings. The van der Waals surface area contributed by atoms with Gasteiger partial charge in [0.25, 0.3) is 0 Å². The number of nitrogens with zero attached hydrogens (tertiary/aromatic N) is 2. The van der Waals surface area contributed by atoms with Crippen molar-refractivity contribution >= 4 is 35.3 Å². The minimum absolute atomic E-state index is 0.211. The smallest absolute Gasteiger partial charge is 0.316 e. The highest BCUT2D eigenvalue weighted by Crippen LogP contribution is 2.20. The van der Waals surface area contributed by atoms with E-state index in [1.165, 1.54) is 6.08 Å². The first kappa shape index (κ1) is 22.1. The molecule has 3 rings (SSSR count). The van der Waals surface area contributed by atoms with Gasteiger partial charge in [0, 0.05) is 34.6 Å². The number of rotatable bonds is 7. The Morgan fingerprint density at radius 3 is 2.52 bits per heavy atom. The summed E-state index contributed by atoms with van der Waals surface area (Å²) in [6.07, 6.45) is 3.27. The summed E-state index contributed by atoms with van der Waals surface area (Å²) in [5, 5.41) is 10.6. The van der Waals surface area contributed by atoms with Gasteiger partial charge in [0.15, 0.2) is 0 Å². The van der Waals surface area contributed by atoms with Crippen molar-refractivity contribution < 1.29 is 9.59 Å². The molecule has 8 heteroatoms. The number of benzene rings is 2. The number of hydrogen-bond acceptors (Lipinski definition) is 3. The van der Waals surface area contributed by atoms with Crippen molar-refractivity contribution in [1.82, 2.24) is 15.1 Å². The van der Waals surface area contributed by atoms with Crippen LogP contribution < -0.4 is 16.4 Å². The maximum Gasteiger partial charge on any atom is 0.316 e. The predicted molar refractivity (Wildman–Crippen MR) is 123 cm³/mol. The van der Waals surface area contributed by atoms with Crippen LogP contribution in [0.5, 0.6) is 0 Å². The molecule has 1 aromatic heterocycles. The fourth-order valence-electron chi connectivity index (χ4n) is 3.15. The number of nitrogens with two attached hydrogens (primary N) is 1. The first-order valence-corrected chi connectivity index (χ1v) is 10.1. The van der Waals surface area contributed by atoms with Crippen LogP contribution in [0.1, 0.15) is 28.1 Å². The quantitative estimate of drug-likeness (QED) is 0.486. The molecule has 4 N–H and O–H groups in total. The Morgan fingerprint density at radius 2 is 1.84 bits per heavy atom. The summed E-state index contributed by atoms with van der Waals surface area (Å²) in [7, 11) is 0. The van der Waals surface area contributed by atoms with Crippen LogP contribution >= 0.6 is 11.6 Å². The lowest BCUT2D eigenvalue weighted by Gasteiger charge is -2.07. The molecule has 160 valence electrons. The third-order valence-electron chi connectivity index (χ3n) is 4.81. The van der Waals surface area contributed by atoms with E-state index >= 15 is 0 Å². The van der Waals surface area contributed by atoms with Gasteiger partial charge in [-0.3, -0.25) is 9.48 Å². The Balaban J connectivity index is 1.61. The SMILES string of the molecule is Cc1nn(Cc2ccccc2Cl)c(C)c1/C=C/C(=O)NCc1ccc(NC(N)=O)cc1. The molecule has 3 amide bonds. The highest BCUT2D eigenvalue weighted by molar-refractivity contribution is 6.31. The molecule has 2 aromatic carbocycles. The predicted octanol–water partition coefficient (Wildman–Crippen LogP) is 4.02. The fourth-order valence-corrected chi connectivity index (χ4v) is 3.34. The Kier molecular flexibility index (Phi) is 7.10. The third-order valence-corrected chi connectivity index (χ3v) is 5.17. The average Bonchev–Trinajstić information content (AvgIpc) is 3.00.